The summed E-state index contributed by atoms with van der Waals surface area (Å²) in [6, 6.07) is 17.0. The molecule has 224 valence electrons. The number of aromatic nitrogens is 5. The molecule has 7 rings (SSSR count). The molecular formula is C35H35FN6O2. The summed E-state index contributed by atoms with van der Waals surface area (Å²) in [6.07, 6.45) is 11.6. The van der Waals surface area contributed by atoms with Gasteiger partial charge in [-0.3, -0.25) is 10.1 Å². The summed E-state index contributed by atoms with van der Waals surface area (Å²) in [5, 5.41) is 9.50. The van der Waals surface area contributed by atoms with E-state index in [1.165, 1.54) is 25.3 Å². The highest BCUT2D eigenvalue weighted by Gasteiger charge is 2.17. The number of pyridine rings is 2. The molecule has 0 bridgehead atoms. The van der Waals surface area contributed by atoms with E-state index in [0.29, 0.717) is 18.0 Å². The highest BCUT2D eigenvalue weighted by atomic mass is 19.1. The van der Waals surface area contributed by atoms with E-state index < -0.39 is 0 Å². The van der Waals surface area contributed by atoms with E-state index >= 15 is 0 Å². The summed E-state index contributed by atoms with van der Waals surface area (Å²) < 4.78 is 26.8. The van der Waals surface area contributed by atoms with Crippen LogP contribution in [0, 0.1) is 5.82 Å². The van der Waals surface area contributed by atoms with Crippen LogP contribution in [0.1, 0.15) is 32.1 Å². The molecule has 1 fully saturated rings. The molecule has 2 aromatic carbocycles. The van der Waals surface area contributed by atoms with Crippen LogP contribution < -0.4 is 9.47 Å². The van der Waals surface area contributed by atoms with Crippen molar-refractivity contribution in [1.29, 1.82) is 0 Å². The lowest BCUT2D eigenvalue weighted by molar-refractivity contribution is 0.154. The third kappa shape index (κ3) is 5.88. The third-order valence-electron chi connectivity index (χ3n) is 8.23. The zero-order valence-corrected chi connectivity index (χ0v) is 24.9. The maximum atomic E-state index is 14.7. The molecule has 9 heteroatoms. The molecule has 4 aromatic heterocycles. The first-order valence-corrected chi connectivity index (χ1v) is 15.2. The third-order valence-corrected chi connectivity index (χ3v) is 8.23. The number of fused-ring (bicyclic) bond motifs is 2. The summed E-state index contributed by atoms with van der Waals surface area (Å²) in [5.74, 6) is 0.958. The van der Waals surface area contributed by atoms with Crippen molar-refractivity contribution in [2.75, 3.05) is 27.2 Å². The lowest BCUT2D eigenvalue weighted by Crippen LogP contribution is -2.19. The number of ether oxygens (including phenoxy) is 2. The molecule has 0 aliphatic heterocycles. The Labute approximate surface area is 255 Å². The topological polar surface area (TPSA) is 92.0 Å². The van der Waals surface area contributed by atoms with Crippen molar-refractivity contribution in [3.63, 3.8) is 0 Å². The number of nitrogens with zero attached hydrogens (tertiary/aromatic N) is 4. The molecule has 1 saturated carbocycles. The lowest BCUT2D eigenvalue weighted by atomic mass is 9.98. The fourth-order valence-electron chi connectivity index (χ4n) is 5.97. The average molecular weight is 591 g/mol. The predicted octanol–water partition coefficient (Wildman–Crippen LogP) is 7.63. The Morgan fingerprint density at radius 2 is 1.73 bits per heavy atom. The van der Waals surface area contributed by atoms with Gasteiger partial charge in [-0.2, -0.15) is 5.10 Å². The maximum absolute atomic E-state index is 14.7. The monoisotopic (exact) mass is 590 g/mol. The van der Waals surface area contributed by atoms with Gasteiger partial charge in [0, 0.05) is 52.4 Å². The second-order valence-electron chi connectivity index (χ2n) is 11.8. The molecule has 0 spiro atoms. The maximum Gasteiger partial charge on any atom is 0.181 e. The zero-order valence-electron chi connectivity index (χ0n) is 24.9. The van der Waals surface area contributed by atoms with E-state index in [0.717, 1.165) is 75.1 Å². The van der Waals surface area contributed by atoms with Gasteiger partial charge in [0.05, 0.1) is 23.7 Å². The first-order chi connectivity index (χ1) is 21.5. The minimum absolute atomic E-state index is 0.253. The molecule has 8 nitrogen and oxygen atoms in total. The number of halogens is 1. The van der Waals surface area contributed by atoms with Gasteiger partial charge in [0.2, 0.25) is 0 Å². The normalized spacial score (nSPS) is 14.1. The number of H-pyrrole nitrogens is 2. The molecular weight excluding hydrogens is 555 g/mol. The standard InChI is InChI=1S/C35H35FN6O2/c1-42(2)11-12-43-27-14-22(13-25(36)17-27)29-9-6-10-32-30(29)18-33(39-32)34-31-16-24(20-38-35(31)41-40-34)23-15-28(21-37-19-23)44-26-7-4-3-5-8-26/h6,9-10,13-21,26,39H,3-5,7-8,11-12H2,1-2H3,(H,38,40,41). The largest absolute Gasteiger partial charge is 0.492 e. The van der Waals surface area contributed by atoms with E-state index in [4.69, 9.17) is 9.47 Å². The Morgan fingerprint density at radius 3 is 2.59 bits per heavy atom. The number of rotatable bonds is 9. The first-order valence-electron chi connectivity index (χ1n) is 15.2. The minimum atomic E-state index is -0.337. The van der Waals surface area contributed by atoms with Crippen molar-refractivity contribution >= 4 is 21.9 Å². The number of hydrogen-bond donors (Lipinski definition) is 2. The van der Waals surface area contributed by atoms with E-state index in [1.54, 1.807) is 12.3 Å². The van der Waals surface area contributed by atoms with E-state index in [2.05, 4.69) is 37.3 Å². The number of benzene rings is 2. The van der Waals surface area contributed by atoms with E-state index in [-0.39, 0.29) is 11.9 Å². The zero-order chi connectivity index (χ0) is 30.0. The molecule has 0 atom stereocenters. The lowest BCUT2D eigenvalue weighted by Gasteiger charge is -2.23. The van der Waals surface area contributed by atoms with Crippen LogP contribution >= 0.6 is 0 Å². The van der Waals surface area contributed by atoms with Crippen molar-refractivity contribution in [1.82, 2.24) is 30.0 Å². The van der Waals surface area contributed by atoms with Crippen LogP contribution in [0.4, 0.5) is 4.39 Å². The summed E-state index contributed by atoms with van der Waals surface area (Å²) in [4.78, 5) is 14.7. The smallest absolute Gasteiger partial charge is 0.181 e. The Kier molecular flexibility index (Phi) is 7.70. The van der Waals surface area contributed by atoms with Gasteiger partial charge in [-0.1, -0.05) is 18.6 Å². The van der Waals surface area contributed by atoms with Crippen LogP contribution in [-0.2, 0) is 0 Å². The van der Waals surface area contributed by atoms with Crippen molar-refractivity contribution < 1.29 is 13.9 Å². The van der Waals surface area contributed by atoms with Crippen molar-refractivity contribution in [3.8, 4) is 45.1 Å². The van der Waals surface area contributed by atoms with Crippen LogP contribution in [0.25, 0.3) is 55.6 Å². The van der Waals surface area contributed by atoms with Gasteiger partial charge < -0.3 is 19.4 Å². The van der Waals surface area contributed by atoms with Crippen LogP contribution in [0.3, 0.4) is 0 Å². The summed E-state index contributed by atoms with van der Waals surface area (Å²) in [7, 11) is 3.96. The Bertz CT molecular complexity index is 1920. The Balaban J connectivity index is 1.21. The van der Waals surface area contributed by atoms with Gasteiger partial charge in [0.25, 0.3) is 0 Å². The van der Waals surface area contributed by atoms with Crippen LogP contribution in [0.5, 0.6) is 11.5 Å². The van der Waals surface area contributed by atoms with Crippen LogP contribution in [0.2, 0.25) is 0 Å². The van der Waals surface area contributed by atoms with Gasteiger partial charge in [0.15, 0.2) is 5.65 Å². The molecule has 2 N–H and O–H groups in total. The number of hydrogen-bond acceptors (Lipinski definition) is 6. The fourth-order valence-corrected chi connectivity index (χ4v) is 5.97. The molecule has 0 amide bonds. The van der Waals surface area contributed by atoms with Crippen molar-refractivity contribution in [2.24, 2.45) is 0 Å². The van der Waals surface area contributed by atoms with Gasteiger partial charge in [0.1, 0.15) is 23.9 Å². The fraction of sp³-hybridized carbons (Fsp3) is 0.286. The number of aromatic amines is 2. The van der Waals surface area contributed by atoms with Crippen LogP contribution in [-0.4, -0.2) is 63.4 Å². The predicted molar refractivity (Wildman–Crippen MR) is 171 cm³/mol. The number of likely N-dealkylation sites (N-methyl/N-ethyl adjacent to an activating group) is 1. The second-order valence-corrected chi connectivity index (χ2v) is 11.8. The van der Waals surface area contributed by atoms with Gasteiger partial charge in [-0.25, -0.2) is 9.37 Å². The molecule has 0 radical (unpaired) electrons. The van der Waals surface area contributed by atoms with Crippen LogP contribution in [0.15, 0.2) is 73.2 Å². The minimum Gasteiger partial charge on any atom is -0.492 e. The molecule has 4 heterocycles. The van der Waals surface area contributed by atoms with Gasteiger partial charge >= 0.3 is 0 Å². The van der Waals surface area contributed by atoms with Gasteiger partial charge in [-0.15, -0.1) is 0 Å². The van der Waals surface area contributed by atoms with E-state index in [9.17, 15) is 4.39 Å². The first kappa shape index (κ1) is 28.0. The quantitative estimate of drug-likeness (QED) is 0.180. The summed E-state index contributed by atoms with van der Waals surface area (Å²) in [6.45, 7) is 1.22. The highest BCUT2D eigenvalue weighted by molar-refractivity contribution is 6.01. The molecule has 1 aliphatic rings. The number of nitrogens with one attached hydrogen (secondary N) is 2. The Morgan fingerprint density at radius 1 is 0.886 bits per heavy atom. The van der Waals surface area contributed by atoms with E-state index in [1.807, 2.05) is 61.7 Å². The molecule has 0 saturated heterocycles. The molecule has 0 unspecified atom stereocenters. The average Bonchev–Trinajstić information content (AvgIpc) is 3.65. The Hall–Kier alpha value is -4.76. The van der Waals surface area contributed by atoms with Crippen molar-refractivity contribution in [2.45, 2.75) is 38.2 Å². The molecule has 44 heavy (non-hydrogen) atoms. The summed E-state index contributed by atoms with van der Waals surface area (Å²) in [5.41, 5.74) is 6.77. The van der Waals surface area contributed by atoms with Gasteiger partial charge in [-0.05, 0) is 87.3 Å². The SMILES string of the molecule is CN(C)CCOc1cc(F)cc(-c2cccc3[nH]c(-c4[nH]nc5ncc(-c6cncc(OC7CCCCC7)c6)cc45)cc23)c1. The molecule has 1 aliphatic carbocycles. The highest BCUT2D eigenvalue weighted by Crippen LogP contribution is 2.36. The van der Waals surface area contributed by atoms with Crippen molar-refractivity contribution in [3.05, 3.63) is 79.0 Å². The second kappa shape index (κ2) is 12.1. The molecule has 6 aromatic rings. The summed E-state index contributed by atoms with van der Waals surface area (Å²) >= 11 is 0.